The molecule has 0 bridgehead atoms. The number of carbonyl (C=O) groups is 2. The average Bonchev–Trinajstić information content (AvgIpc) is 2.74. The molecule has 1 fully saturated rings. The summed E-state index contributed by atoms with van der Waals surface area (Å²) in [5.74, 6) is 0.585. The lowest BCUT2D eigenvalue weighted by Crippen LogP contribution is -2.45. The van der Waals surface area contributed by atoms with Crippen molar-refractivity contribution in [2.45, 2.75) is 64.8 Å². The van der Waals surface area contributed by atoms with Crippen LogP contribution in [0.15, 0.2) is 0 Å². The first-order valence-corrected chi connectivity index (χ1v) is 6.94. The van der Waals surface area contributed by atoms with Crippen LogP contribution in [-0.4, -0.2) is 23.9 Å². The highest BCUT2D eigenvalue weighted by atomic mass is 16.2. The third-order valence-electron chi connectivity index (χ3n) is 3.21. The third kappa shape index (κ3) is 6.62. The monoisotopic (exact) mass is 254 g/mol. The Hall–Kier alpha value is -1.06. The Morgan fingerprint density at radius 2 is 1.72 bits per heavy atom. The molecule has 1 aliphatic carbocycles. The number of amides is 2. The summed E-state index contributed by atoms with van der Waals surface area (Å²) in [6.45, 7) is 5.85. The second-order valence-electron chi connectivity index (χ2n) is 6.26. The predicted molar refractivity (Wildman–Crippen MR) is 72.1 cm³/mol. The second-order valence-corrected chi connectivity index (χ2v) is 6.26. The molecule has 0 aromatic heterocycles. The van der Waals surface area contributed by atoms with E-state index in [0.717, 1.165) is 12.3 Å². The summed E-state index contributed by atoms with van der Waals surface area (Å²) in [5, 5.41) is 5.50. The molecule has 0 spiro atoms. The van der Waals surface area contributed by atoms with Gasteiger partial charge in [-0.15, -0.1) is 0 Å². The minimum absolute atomic E-state index is 0.00837. The van der Waals surface area contributed by atoms with Crippen LogP contribution >= 0.6 is 0 Å². The van der Waals surface area contributed by atoms with E-state index >= 15 is 0 Å². The SMILES string of the molecule is CC(C)(C)NC(=O)CNC(=O)CCC1CCCC1. The van der Waals surface area contributed by atoms with Crippen molar-refractivity contribution in [2.75, 3.05) is 6.54 Å². The van der Waals surface area contributed by atoms with E-state index in [-0.39, 0.29) is 23.9 Å². The van der Waals surface area contributed by atoms with Gasteiger partial charge in [0, 0.05) is 12.0 Å². The molecule has 18 heavy (non-hydrogen) atoms. The number of hydrogen-bond acceptors (Lipinski definition) is 2. The van der Waals surface area contributed by atoms with Crippen LogP contribution < -0.4 is 10.6 Å². The molecule has 0 saturated heterocycles. The van der Waals surface area contributed by atoms with Gasteiger partial charge in [-0.3, -0.25) is 9.59 Å². The van der Waals surface area contributed by atoms with E-state index in [2.05, 4.69) is 10.6 Å². The van der Waals surface area contributed by atoms with Crippen LogP contribution in [0.4, 0.5) is 0 Å². The highest BCUT2D eigenvalue weighted by Gasteiger charge is 2.17. The fourth-order valence-corrected chi connectivity index (χ4v) is 2.36. The zero-order chi connectivity index (χ0) is 13.6. The summed E-state index contributed by atoms with van der Waals surface area (Å²) in [5.41, 5.74) is -0.244. The summed E-state index contributed by atoms with van der Waals surface area (Å²) in [6.07, 6.45) is 6.65. The van der Waals surface area contributed by atoms with Crippen molar-refractivity contribution in [2.24, 2.45) is 5.92 Å². The van der Waals surface area contributed by atoms with Gasteiger partial charge in [0.05, 0.1) is 6.54 Å². The lowest BCUT2D eigenvalue weighted by Gasteiger charge is -2.20. The topological polar surface area (TPSA) is 58.2 Å². The minimum atomic E-state index is -0.244. The zero-order valence-electron chi connectivity index (χ0n) is 11.8. The van der Waals surface area contributed by atoms with Crippen molar-refractivity contribution in [3.63, 3.8) is 0 Å². The van der Waals surface area contributed by atoms with Gasteiger partial charge in [-0.05, 0) is 33.1 Å². The number of carbonyl (C=O) groups excluding carboxylic acids is 2. The number of nitrogens with one attached hydrogen (secondary N) is 2. The van der Waals surface area contributed by atoms with E-state index in [4.69, 9.17) is 0 Å². The molecule has 0 radical (unpaired) electrons. The Morgan fingerprint density at radius 3 is 2.28 bits per heavy atom. The van der Waals surface area contributed by atoms with E-state index in [1.165, 1.54) is 25.7 Å². The first kappa shape index (κ1) is 15.0. The van der Waals surface area contributed by atoms with Gasteiger partial charge in [0.2, 0.25) is 11.8 Å². The molecule has 1 aliphatic rings. The van der Waals surface area contributed by atoms with Gasteiger partial charge >= 0.3 is 0 Å². The molecule has 1 saturated carbocycles. The van der Waals surface area contributed by atoms with E-state index in [9.17, 15) is 9.59 Å². The van der Waals surface area contributed by atoms with Crippen molar-refractivity contribution in [1.82, 2.24) is 10.6 Å². The van der Waals surface area contributed by atoms with Crippen LogP contribution in [0.2, 0.25) is 0 Å². The molecule has 0 unspecified atom stereocenters. The van der Waals surface area contributed by atoms with Crippen molar-refractivity contribution >= 4 is 11.8 Å². The van der Waals surface area contributed by atoms with Gasteiger partial charge in [0.1, 0.15) is 0 Å². The fraction of sp³-hybridized carbons (Fsp3) is 0.857. The van der Waals surface area contributed by atoms with Crippen LogP contribution in [0.1, 0.15) is 59.3 Å². The van der Waals surface area contributed by atoms with Crippen molar-refractivity contribution < 1.29 is 9.59 Å². The summed E-state index contributed by atoms with van der Waals surface area (Å²) < 4.78 is 0. The average molecular weight is 254 g/mol. The maximum Gasteiger partial charge on any atom is 0.239 e. The number of rotatable bonds is 5. The molecule has 0 aromatic carbocycles. The first-order chi connectivity index (χ1) is 8.37. The van der Waals surface area contributed by atoms with E-state index < -0.39 is 0 Å². The molecule has 104 valence electrons. The van der Waals surface area contributed by atoms with Gasteiger partial charge in [-0.2, -0.15) is 0 Å². The smallest absolute Gasteiger partial charge is 0.239 e. The molecule has 1 rings (SSSR count). The molecule has 0 aromatic rings. The van der Waals surface area contributed by atoms with Crippen molar-refractivity contribution in [3.05, 3.63) is 0 Å². The van der Waals surface area contributed by atoms with Gasteiger partial charge < -0.3 is 10.6 Å². The summed E-state index contributed by atoms with van der Waals surface area (Å²) in [4.78, 5) is 23.1. The van der Waals surface area contributed by atoms with Gasteiger partial charge in [-0.25, -0.2) is 0 Å². The highest BCUT2D eigenvalue weighted by Crippen LogP contribution is 2.28. The summed E-state index contributed by atoms with van der Waals surface area (Å²) in [7, 11) is 0. The summed E-state index contributed by atoms with van der Waals surface area (Å²) >= 11 is 0. The number of hydrogen-bond donors (Lipinski definition) is 2. The molecule has 0 heterocycles. The van der Waals surface area contributed by atoms with Gasteiger partial charge in [-0.1, -0.05) is 25.7 Å². The van der Waals surface area contributed by atoms with Crippen LogP contribution in [0.3, 0.4) is 0 Å². The predicted octanol–water partition coefficient (Wildman–Crippen LogP) is 1.99. The normalized spacial score (nSPS) is 16.6. The van der Waals surface area contributed by atoms with E-state index in [0.29, 0.717) is 6.42 Å². The second kappa shape index (κ2) is 6.76. The Kier molecular flexibility index (Phi) is 5.63. The minimum Gasteiger partial charge on any atom is -0.350 e. The lowest BCUT2D eigenvalue weighted by molar-refractivity contribution is -0.127. The van der Waals surface area contributed by atoms with Crippen LogP contribution in [0.5, 0.6) is 0 Å². The zero-order valence-corrected chi connectivity index (χ0v) is 11.8. The van der Waals surface area contributed by atoms with Crippen LogP contribution in [0, 0.1) is 5.92 Å². The quantitative estimate of drug-likeness (QED) is 0.788. The molecule has 4 nitrogen and oxygen atoms in total. The largest absolute Gasteiger partial charge is 0.350 e. The van der Waals surface area contributed by atoms with Crippen LogP contribution in [-0.2, 0) is 9.59 Å². The molecular weight excluding hydrogens is 228 g/mol. The lowest BCUT2D eigenvalue weighted by atomic mass is 10.0. The first-order valence-electron chi connectivity index (χ1n) is 6.94. The molecule has 2 N–H and O–H groups in total. The fourth-order valence-electron chi connectivity index (χ4n) is 2.36. The Balaban J connectivity index is 2.10. The van der Waals surface area contributed by atoms with Gasteiger partial charge in [0.15, 0.2) is 0 Å². The van der Waals surface area contributed by atoms with E-state index in [1.54, 1.807) is 0 Å². The highest BCUT2D eigenvalue weighted by molar-refractivity contribution is 5.84. The van der Waals surface area contributed by atoms with E-state index in [1.807, 2.05) is 20.8 Å². The molecule has 2 amide bonds. The van der Waals surface area contributed by atoms with Crippen molar-refractivity contribution in [1.29, 1.82) is 0 Å². The molecule has 0 aliphatic heterocycles. The summed E-state index contributed by atoms with van der Waals surface area (Å²) in [6, 6.07) is 0. The molecule has 4 heteroatoms. The Bertz CT molecular complexity index is 289. The van der Waals surface area contributed by atoms with Gasteiger partial charge in [0.25, 0.3) is 0 Å². The standard InChI is InChI=1S/C14H26N2O2/c1-14(2,3)16-13(18)10-15-12(17)9-8-11-6-4-5-7-11/h11H,4-10H2,1-3H3,(H,15,17)(H,16,18). The Labute approximate surface area is 110 Å². The maximum atomic E-state index is 11.6. The van der Waals surface area contributed by atoms with Crippen molar-refractivity contribution in [3.8, 4) is 0 Å². The maximum absolute atomic E-state index is 11.6. The third-order valence-corrected chi connectivity index (χ3v) is 3.21. The molecular formula is C14H26N2O2. The van der Waals surface area contributed by atoms with Crippen LogP contribution in [0.25, 0.3) is 0 Å². The molecule has 0 atom stereocenters. The Morgan fingerprint density at radius 1 is 1.11 bits per heavy atom.